The molecule has 3 saturated heterocycles. The summed E-state index contributed by atoms with van der Waals surface area (Å²) in [5, 5.41) is 0. The number of hydrogen-bond acceptors (Lipinski definition) is 5. The number of carbonyl (C=O) groups is 2. The van der Waals surface area contributed by atoms with Gasteiger partial charge in [-0.1, -0.05) is 0 Å². The van der Waals surface area contributed by atoms with Gasteiger partial charge in [0.05, 0.1) is 37.3 Å². The van der Waals surface area contributed by atoms with Gasteiger partial charge in [0.25, 0.3) is 0 Å². The summed E-state index contributed by atoms with van der Waals surface area (Å²) in [6, 6.07) is 3.73. The van der Waals surface area contributed by atoms with Crippen molar-refractivity contribution in [3.63, 3.8) is 0 Å². The highest BCUT2D eigenvalue weighted by Gasteiger charge is 2.44. The van der Waals surface area contributed by atoms with E-state index in [4.69, 9.17) is 4.74 Å². The van der Waals surface area contributed by atoms with Gasteiger partial charge in [-0.25, -0.2) is 0 Å². The van der Waals surface area contributed by atoms with E-state index in [1.807, 2.05) is 9.80 Å². The predicted molar refractivity (Wildman–Crippen MR) is 119 cm³/mol. The molecule has 0 N–H and O–H groups in total. The average Bonchev–Trinajstić information content (AvgIpc) is 3.37. The third-order valence-electron chi connectivity index (χ3n) is 7.58. The lowest BCUT2D eigenvalue weighted by Gasteiger charge is -2.49. The molecule has 0 aliphatic carbocycles. The lowest BCUT2D eigenvalue weighted by Crippen LogP contribution is -2.62. The molecule has 0 saturated carbocycles. The number of benzene rings is 1. The fourth-order valence-corrected chi connectivity index (χ4v) is 5.76. The molecule has 1 aromatic carbocycles. The summed E-state index contributed by atoms with van der Waals surface area (Å²) in [6.07, 6.45) is -2.20. The van der Waals surface area contributed by atoms with Crippen LogP contribution in [-0.4, -0.2) is 98.1 Å². The van der Waals surface area contributed by atoms with Gasteiger partial charge in [-0.2, -0.15) is 13.2 Å². The maximum Gasteiger partial charge on any atom is 0.416 e. The number of rotatable bonds is 3. The number of anilines is 1. The van der Waals surface area contributed by atoms with Gasteiger partial charge in [0, 0.05) is 51.5 Å². The molecule has 2 atom stereocenters. The summed E-state index contributed by atoms with van der Waals surface area (Å²) in [6.45, 7) is 5.71. The van der Waals surface area contributed by atoms with Crippen molar-refractivity contribution in [2.24, 2.45) is 5.92 Å². The fraction of sp³-hybridized carbons (Fsp3) is 0.667. The van der Waals surface area contributed by atoms with E-state index >= 15 is 0 Å². The van der Waals surface area contributed by atoms with Crippen LogP contribution >= 0.6 is 0 Å². The van der Waals surface area contributed by atoms with Crippen molar-refractivity contribution in [2.45, 2.75) is 31.5 Å². The summed E-state index contributed by atoms with van der Waals surface area (Å²) >= 11 is 0. The second-order valence-electron chi connectivity index (χ2n) is 9.67. The van der Waals surface area contributed by atoms with Crippen molar-refractivity contribution in [3.05, 3.63) is 29.3 Å². The Morgan fingerprint density at radius 2 is 1.71 bits per heavy atom. The molecular formula is C24H31F3N4O3. The minimum atomic E-state index is -4.42. The second-order valence-corrected chi connectivity index (χ2v) is 9.67. The Bertz CT molecular complexity index is 929. The zero-order valence-corrected chi connectivity index (χ0v) is 19.2. The molecule has 186 valence electrons. The van der Waals surface area contributed by atoms with Gasteiger partial charge in [-0.15, -0.1) is 0 Å². The first-order chi connectivity index (χ1) is 16.3. The Morgan fingerprint density at radius 1 is 0.971 bits per heavy atom. The van der Waals surface area contributed by atoms with Crippen LogP contribution in [-0.2, 0) is 26.9 Å². The number of carbonyl (C=O) groups excluding carboxylic acids is 2. The number of hydrogen-bond donors (Lipinski definition) is 0. The highest BCUT2D eigenvalue weighted by molar-refractivity contribution is 5.83. The number of nitrogens with zero attached hydrogens (tertiary/aromatic N) is 4. The van der Waals surface area contributed by atoms with Crippen LogP contribution in [0.25, 0.3) is 0 Å². The first-order valence-electron chi connectivity index (χ1n) is 12.1. The van der Waals surface area contributed by atoms with Crippen molar-refractivity contribution in [2.75, 3.05) is 70.5 Å². The molecule has 0 spiro atoms. The van der Waals surface area contributed by atoms with Gasteiger partial charge in [0.2, 0.25) is 11.8 Å². The highest BCUT2D eigenvalue weighted by Crippen LogP contribution is 2.40. The number of halogens is 3. The summed E-state index contributed by atoms with van der Waals surface area (Å²) < 4.78 is 45.5. The number of fused-ring (bicyclic) bond motifs is 3. The molecule has 0 radical (unpaired) electrons. The lowest BCUT2D eigenvalue weighted by atomic mass is 9.82. The molecule has 5 rings (SSSR count). The van der Waals surface area contributed by atoms with Crippen LogP contribution in [0.1, 0.15) is 24.0 Å². The van der Waals surface area contributed by atoms with Crippen LogP contribution in [0.5, 0.6) is 0 Å². The molecular weight excluding hydrogens is 449 g/mol. The van der Waals surface area contributed by atoms with Gasteiger partial charge < -0.3 is 19.4 Å². The van der Waals surface area contributed by atoms with Crippen molar-refractivity contribution in [1.82, 2.24) is 14.7 Å². The summed E-state index contributed by atoms with van der Waals surface area (Å²) in [4.78, 5) is 34.2. The Labute approximate surface area is 197 Å². The van der Waals surface area contributed by atoms with Crippen molar-refractivity contribution in [1.29, 1.82) is 0 Å². The fourth-order valence-electron chi connectivity index (χ4n) is 5.76. The minimum Gasteiger partial charge on any atom is -0.378 e. The number of amides is 2. The largest absolute Gasteiger partial charge is 0.416 e. The number of likely N-dealkylation sites (tertiary alicyclic amines) is 1. The van der Waals surface area contributed by atoms with Crippen molar-refractivity contribution >= 4 is 17.5 Å². The Morgan fingerprint density at radius 3 is 2.41 bits per heavy atom. The monoisotopic (exact) mass is 480 g/mol. The van der Waals surface area contributed by atoms with E-state index in [2.05, 4.69) is 9.80 Å². The molecule has 2 amide bonds. The van der Waals surface area contributed by atoms with E-state index in [-0.39, 0.29) is 24.4 Å². The second kappa shape index (κ2) is 9.37. The standard InChI is InChI=1S/C24H31F3N4O3/c25-24(26,27)18-3-4-20-17(13-18)14-19(23(33)30-5-1-2-6-30)21-15-28(7-8-31(20)21)16-22(32)29-9-11-34-12-10-29/h3-4,13,19,21H,1-2,5-12,14-16H2/t19-,21-/m1/s1. The van der Waals surface area contributed by atoms with Crippen molar-refractivity contribution < 1.29 is 27.5 Å². The molecule has 0 bridgehead atoms. The van der Waals surface area contributed by atoms with E-state index in [9.17, 15) is 22.8 Å². The van der Waals surface area contributed by atoms with Crippen LogP contribution < -0.4 is 4.90 Å². The van der Waals surface area contributed by atoms with Crippen molar-refractivity contribution in [3.8, 4) is 0 Å². The molecule has 0 unspecified atom stereocenters. The Kier molecular flexibility index (Phi) is 6.45. The molecule has 4 aliphatic rings. The Hall–Kier alpha value is -2.33. The third kappa shape index (κ3) is 4.62. The lowest BCUT2D eigenvalue weighted by molar-refractivity contribution is -0.138. The Balaban J connectivity index is 1.38. The van der Waals surface area contributed by atoms with Crippen LogP contribution in [0.3, 0.4) is 0 Å². The highest BCUT2D eigenvalue weighted by atomic mass is 19.4. The molecule has 34 heavy (non-hydrogen) atoms. The van der Waals surface area contributed by atoms with Crippen LogP contribution in [0.2, 0.25) is 0 Å². The van der Waals surface area contributed by atoms with E-state index in [1.54, 1.807) is 6.07 Å². The summed E-state index contributed by atoms with van der Waals surface area (Å²) in [7, 11) is 0. The smallest absolute Gasteiger partial charge is 0.378 e. The predicted octanol–water partition coefficient (Wildman–Crippen LogP) is 1.85. The van der Waals surface area contributed by atoms with E-state index in [1.165, 1.54) is 6.07 Å². The molecule has 4 aliphatic heterocycles. The number of piperazine rings is 1. The van der Waals surface area contributed by atoms with E-state index in [0.717, 1.165) is 24.6 Å². The van der Waals surface area contributed by atoms with Gasteiger partial charge in [-0.3, -0.25) is 14.5 Å². The quantitative estimate of drug-likeness (QED) is 0.661. The molecule has 1 aromatic rings. The average molecular weight is 481 g/mol. The first-order valence-corrected chi connectivity index (χ1v) is 12.1. The van der Waals surface area contributed by atoms with Crippen LogP contribution in [0.15, 0.2) is 18.2 Å². The molecule has 7 nitrogen and oxygen atoms in total. The maximum absolute atomic E-state index is 13.5. The zero-order valence-electron chi connectivity index (χ0n) is 19.2. The SMILES string of the molecule is O=C(CN1CCN2c3ccc(C(F)(F)F)cc3C[C@@H](C(=O)N3CCCC3)[C@H]2C1)N1CCOCC1. The topological polar surface area (TPSA) is 56.3 Å². The van der Waals surface area contributed by atoms with Crippen LogP contribution in [0.4, 0.5) is 18.9 Å². The van der Waals surface area contributed by atoms with Gasteiger partial charge in [0.1, 0.15) is 0 Å². The van der Waals surface area contributed by atoms with Crippen LogP contribution in [0, 0.1) is 5.92 Å². The van der Waals surface area contributed by atoms with Gasteiger partial charge in [-0.05, 0) is 43.0 Å². The van der Waals surface area contributed by atoms with Gasteiger partial charge >= 0.3 is 6.18 Å². The molecule has 4 heterocycles. The number of alkyl halides is 3. The first kappa shape index (κ1) is 23.4. The van der Waals surface area contributed by atoms with Gasteiger partial charge in [0.15, 0.2) is 0 Å². The van der Waals surface area contributed by atoms with E-state index in [0.29, 0.717) is 71.0 Å². The third-order valence-corrected chi connectivity index (χ3v) is 7.58. The summed E-state index contributed by atoms with van der Waals surface area (Å²) in [5.41, 5.74) is 0.691. The summed E-state index contributed by atoms with van der Waals surface area (Å²) in [5.74, 6) is -0.336. The molecule has 0 aromatic heterocycles. The maximum atomic E-state index is 13.5. The molecule has 3 fully saturated rings. The molecule has 10 heteroatoms. The minimum absolute atomic E-state index is 0.0249. The normalized spacial score (nSPS) is 25.8. The van der Waals surface area contributed by atoms with E-state index < -0.39 is 17.7 Å². The number of morpholine rings is 1. The number of ether oxygens (including phenoxy) is 1. The zero-order chi connectivity index (χ0) is 23.9.